The molecule has 1 fully saturated rings. The number of hydrogen-bond donors (Lipinski definition) is 2. The van der Waals surface area contributed by atoms with Gasteiger partial charge < -0.3 is 10.6 Å². The van der Waals surface area contributed by atoms with Crippen LogP contribution in [-0.4, -0.2) is 17.9 Å². The Bertz CT molecular complexity index is 535. The lowest BCUT2D eigenvalue weighted by atomic mass is 10.0. The van der Waals surface area contributed by atoms with E-state index in [0.717, 1.165) is 5.56 Å². The molecule has 1 heterocycles. The highest BCUT2D eigenvalue weighted by Crippen LogP contribution is 2.14. The Labute approximate surface area is 116 Å². The highest BCUT2D eigenvalue weighted by Gasteiger charge is 2.31. The van der Waals surface area contributed by atoms with Crippen LogP contribution >= 0.6 is 11.6 Å². The van der Waals surface area contributed by atoms with E-state index in [0.29, 0.717) is 5.02 Å². The molecule has 0 aromatic heterocycles. The summed E-state index contributed by atoms with van der Waals surface area (Å²) in [6.07, 6.45) is 1.63. The molecule has 0 spiro atoms. The lowest BCUT2D eigenvalue weighted by Gasteiger charge is -2.27. The number of carbonyl (C=O) groups excluding carboxylic acids is 2. The normalized spacial score (nSPS) is 21.5. The van der Waals surface area contributed by atoms with Crippen molar-refractivity contribution >= 4 is 29.5 Å². The molecule has 0 aliphatic carbocycles. The third-order valence-corrected chi connectivity index (χ3v) is 3.17. The van der Waals surface area contributed by atoms with Crippen LogP contribution < -0.4 is 10.6 Å². The van der Waals surface area contributed by atoms with E-state index in [4.69, 9.17) is 11.6 Å². The zero-order valence-electron chi connectivity index (χ0n) is 10.7. The second-order valence-corrected chi connectivity index (χ2v) is 5.23. The summed E-state index contributed by atoms with van der Waals surface area (Å²) in [5.41, 5.74) is 1.06. The van der Waals surface area contributed by atoms with Gasteiger partial charge in [0.15, 0.2) is 0 Å². The van der Waals surface area contributed by atoms with Crippen LogP contribution in [0.15, 0.2) is 30.0 Å². The first-order chi connectivity index (χ1) is 8.97. The van der Waals surface area contributed by atoms with Crippen LogP contribution in [0.25, 0.3) is 6.08 Å². The molecule has 0 saturated carbocycles. The maximum absolute atomic E-state index is 11.9. The number of hydrogen-bond acceptors (Lipinski definition) is 2. The zero-order chi connectivity index (χ0) is 14.0. The van der Waals surface area contributed by atoms with E-state index >= 15 is 0 Å². The molecule has 2 rings (SSSR count). The van der Waals surface area contributed by atoms with E-state index in [2.05, 4.69) is 10.6 Å². The Morgan fingerprint density at radius 1 is 1.21 bits per heavy atom. The van der Waals surface area contributed by atoms with Crippen molar-refractivity contribution in [3.63, 3.8) is 0 Å². The Morgan fingerprint density at radius 3 is 2.42 bits per heavy atom. The van der Waals surface area contributed by atoms with Gasteiger partial charge in [0.2, 0.25) is 5.91 Å². The average molecular weight is 279 g/mol. The van der Waals surface area contributed by atoms with E-state index in [1.54, 1.807) is 30.3 Å². The van der Waals surface area contributed by atoms with Crippen molar-refractivity contribution in [1.82, 2.24) is 10.6 Å². The molecule has 1 aliphatic heterocycles. The van der Waals surface area contributed by atoms with Crippen molar-refractivity contribution in [2.24, 2.45) is 5.92 Å². The van der Waals surface area contributed by atoms with Gasteiger partial charge in [0.25, 0.3) is 5.91 Å². The fourth-order valence-electron chi connectivity index (χ4n) is 1.85. The lowest BCUT2D eigenvalue weighted by molar-refractivity contribution is -0.132. The first kappa shape index (κ1) is 13.6. The molecular weight excluding hydrogens is 264 g/mol. The van der Waals surface area contributed by atoms with E-state index in [-0.39, 0.29) is 23.4 Å². The lowest BCUT2D eigenvalue weighted by Crippen LogP contribution is -2.56. The fraction of sp³-hybridized carbons (Fsp3) is 0.286. The second kappa shape index (κ2) is 5.45. The largest absolute Gasteiger partial charge is 0.339 e. The molecule has 19 heavy (non-hydrogen) atoms. The van der Waals surface area contributed by atoms with Gasteiger partial charge in [-0.25, -0.2) is 0 Å². The highest BCUT2D eigenvalue weighted by atomic mass is 35.5. The summed E-state index contributed by atoms with van der Waals surface area (Å²) in [4.78, 5) is 23.8. The zero-order valence-corrected chi connectivity index (χ0v) is 11.5. The standard InChI is InChI=1S/C14H15ClN2O2/c1-8(2)12-14(19)16-11(13(18)17-12)7-9-3-5-10(15)6-4-9/h3-8,12H,1-2H3,(H,16,19)(H,17,18)/b11-7+/t12-/m0/s1. The van der Waals surface area contributed by atoms with Gasteiger partial charge in [-0.05, 0) is 29.7 Å². The molecule has 4 nitrogen and oxygen atoms in total. The number of carbonyl (C=O) groups is 2. The quantitative estimate of drug-likeness (QED) is 0.813. The van der Waals surface area contributed by atoms with Gasteiger partial charge in [0, 0.05) is 5.02 Å². The summed E-state index contributed by atoms with van der Waals surface area (Å²) in [5, 5.41) is 5.96. The van der Waals surface area contributed by atoms with E-state index in [1.807, 2.05) is 13.8 Å². The van der Waals surface area contributed by atoms with Crippen LogP contribution in [0, 0.1) is 5.92 Å². The molecular formula is C14H15ClN2O2. The van der Waals surface area contributed by atoms with Crippen LogP contribution in [0.3, 0.4) is 0 Å². The third-order valence-electron chi connectivity index (χ3n) is 2.92. The maximum Gasteiger partial charge on any atom is 0.268 e. The number of piperazine rings is 1. The molecule has 100 valence electrons. The number of halogens is 1. The number of amides is 2. The average Bonchev–Trinajstić information content (AvgIpc) is 2.35. The van der Waals surface area contributed by atoms with E-state index < -0.39 is 6.04 Å². The summed E-state index contributed by atoms with van der Waals surface area (Å²) in [7, 11) is 0. The van der Waals surface area contributed by atoms with Gasteiger partial charge in [-0.1, -0.05) is 37.6 Å². The van der Waals surface area contributed by atoms with Crippen LogP contribution in [0.4, 0.5) is 0 Å². The van der Waals surface area contributed by atoms with Gasteiger partial charge in [0.05, 0.1) is 0 Å². The predicted molar refractivity (Wildman–Crippen MR) is 74.3 cm³/mol. The summed E-state index contributed by atoms with van der Waals surface area (Å²) in [5.74, 6) is -0.399. The first-order valence-corrected chi connectivity index (χ1v) is 6.44. The van der Waals surface area contributed by atoms with Crippen molar-refractivity contribution in [3.8, 4) is 0 Å². The van der Waals surface area contributed by atoms with Gasteiger partial charge in [-0.2, -0.15) is 0 Å². The SMILES string of the molecule is CC(C)[C@@H]1NC(=O)/C(=C\c2ccc(Cl)cc2)NC1=O. The van der Waals surface area contributed by atoms with Crippen molar-refractivity contribution in [3.05, 3.63) is 40.5 Å². The van der Waals surface area contributed by atoms with Crippen molar-refractivity contribution in [2.75, 3.05) is 0 Å². The van der Waals surface area contributed by atoms with Gasteiger partial charge >= 0.3 is 0 Å². The molecule has 2 amide bonds. The molecule has 5 heteroatoms. The van der Waals surface area contributed by atoms with Gasteiger partial charge in [-0.3, -0.25) is 9.59 Å². The summed E-state index contributed by atoms with van der Waals surface area (Å²) in [6.45, 7) is 3.77. The molecule has 1 atom stereocenters. The maximum atomic E-state index is 11.9. The number of nitrogens with one attached hydrogen (secondary N) is 2. The highest BCUT2D eigenvalue weighted by molar-refractivity contribution is 6.30. The van der Waals surface area contributed by atoms with Gasteiger partial charge in [-0.15, -0.1) is 0 Å². The van der Waals surface area contributed by atoms with Crippen LogP contribution in [0.1, 0.15) is 19.4 Å². The minimum absolute atomic E-state index is 0.0565. The minimum Gasteiger partial charge on any atom is -0.339 e. The minimum atomic E-state index is -0.477. The van der Waals surface area contributed by atoms with E-state index in [1.165, 1.54) is 0 Å². The third kappa shape index (κ3) is 3.15. The number of benzene rings is 1. The first-order valence-electron chi connectivity index (χ1n) is 6.06. The second-order valence-electron chi connectivity index (χ2n) is 4.79. The molecule has 2 N–H and O–H groups in total. The van der Waals surface area contributed by atoms with Crippen molar-refractivity contribution in [2.45, 2.75) is 19.9 Å². The number of rotatable bonds is 2. The Morgan fingerprint density at radius 2 is 1.84 bits per heavy atom. The van der Waals surface area contributed by atoms with Crippen LogP contribution in [0.2, 0.25) is 5.02 Å². The van der Waals surface area contributed by atoms with Crippen LogP contribution in [-0.2, 0) is 9.59 Å². The molecule has 1 aromatic carbocycles. The summed E-state index contributed by atoms with van der Waals surface area (Å²) >= 11 is 5.79. The van der Waals surface area contributed by atoms with Crippen molar-refractivity contribution in [1.29, 1.82) is 0 Å². The van der Waals surface area contributed by atoms with Crippen molar-refractivity contribution < 1.29 is 9.59 Å². The Hall–Kier alpha value is -1.81. The Kier molecular flexibility index (Phi) is 3.90. The summed E-state index contributed by atoms with van der Waals surface area (Å²) in [6, 6.07) is 6.54. The molecule has 1 aromatic rings. The molecule has 0 radical (unpaired) electrons. The molecule has 0 bridgehead atoms. The van der Waals surface area contributed by atoms with Crippen LogP contribution in [0.5, 0.6) is 0 Å². The Balaban J connectivity index is 2.20. The monoisotopic (exact) mass is 278 g/mol. The molecule has 1 saturated heterocycles. The van der Waals surface area contributed by atoms with E-state index in [9.17, 15) is 9.59 Å². The molecule has 1 aliphatic rings. The fourth-order valence-corrected chi connectivity index (χ4v) is 1.97. The smallest absolute Gasteiger partial charge is 0.268 e. The predicted octanol–water partition coefficient (Wildman–Crippen LogP) is 1.95. The summed E-state index contributed by atoms with van der Waals surface area (Å²) < 4.78 is 0. The van der Waals surface area contributed by atoms with Gasteiger partial charge in [0.1, 0.15) is 11.7 Å². The topological polar surface area (TPSA) is 58.2 Å². The molecule has 0 unspecified atom stereocenters.